The summed E-state index contributed by atoms with van der Waals surface area (Å²) in [5.41, 5.74) is -0.351. The molecule has 0 unspecified atom stereocenters. The van der Waals surface area contributed by atoms with E-state index in [0.717, 1.165) is 0 Å². The molecule has 7 heteroatoms. The van der Waals surface area contributed by atoms with Gasteiger partial charge in [-0.2, -0.15) is 0 Å². The van der Waals surface area contributed by atoms with Crippen LogP contribution in [0.2, 0.25) is 0 Å². The second-order valence-corrected chi connectivity index (χ2v) is 5.72. The predicted molar refractivity (Wildman–Crippen MR) is 80.8 cm³/mol. The number of hydrogen-bond acceptors (Lipinski definition) is 4. The van der Waals surface area contributed by atoms with Crippen molar-refractivity contribution in [1.29, 1.82) is 0 Å². The zero-order valence-corrected chi connectivity index (χ0v) is 13.0. The molecule has 2 rings (SSSR count). The fourth-order valence-corrected chi connectivity index (χ4v) is 2.40. The molecule has 1 aliphatic rings. The first-order chi connectivity index (χ1) is 10.3. The number of carboxylic acids is 1. The van der Waals surface area contributed by atoms with Crippen LogP contribution in [0.5, 0.6) is 5.75 Å². The summed E-state index contributed by atoms with van der Waals surface area (Å²) < 4.78 is 5.65. The number of carboxylic acid groups (broad SMARTS) is 1. The maximum absolute atomic E-state index is 12.5. The first kappa shape index (κ1) is 16.3. The number of rotatable bonds is 5. The van der Waals surface area contributed by atoms with Crippen LogP contribution in [0, 0.1) is 0 Å². The normalized spacial score (nSPS) is 16.0. The van der Waals surface area contributed by atoms with E-state index in [2.05, 4.69) is 0 Å². The molecule has 1 N–H and O–H groups in total. The molecule has 0 aromatic heterocycles. The Balaban J connectivity index is 2.46. The molecule has 1 aromatic rings. The Morgan fingerprint density at radius 2 is 2.05 bits per heavy atom. The van der Waals surface area contributed by atoms with Crippen LogP contribution in [0.3, 0.4) is 0 Å². The highest BCUT2D eigenvalue weighted by Gasteiger charge is 2.41. The van der Waals surface area contributed by atoms with E-state index < -0.39 is 11.6 Å². The number of aliphatic carboxylic acids is 1. The van der Waals surface area contributed by atoms with Crippen molar-refractivity contribution >= 4 is 34.9 Å². The molecule has 118 valence electrons. The van der Waals surface area contributed by atoms with Gasteiger partial charge in [0.1, 0.15) is 5.75 Å². The Bertz CT molecular complexity index is 641. The van der Waals surface area contributed by atoms with Crippen LogP contribution < -0.4 is 9.64 Å². The molecule has 0 saturated heterocycles. The molecule has 22 heavy (non-hydrogen) atoms. The molecule has 0 atom stereocenters. The van der Waals surface area contributed by atoms with Crippen molar-refractivity contribution in [2.45, 2.75) is 25.9 Å². The number of halogens is 1. The van der Waals surface area contributed by atoms with Crippen LogP contribution >= 0.6 is 11.6 Å². The van der Waals surface area contributed by atoms with E-state index in [9.17, 15) is 14.4 Å². The first-order valence-corrected chi connectivity index (χ1v) is 7.25. The van der Waals surface area contributed by atoms with E-state index in [0.29, 0.717) is 17.0 Å². The summed E-state index contributed by atoms with van der Waals surface area (Å²) >= 11 is 5.54. The van der Waals surface area contributed by atoms with Crippen molar-refractivity contribution in [2.24, 2.45) is 0 Å². The average molecular weight is 326 g/mol. The number of amides is 1. The molecule has 0 radical (unpaired) electrons. The predicted octanol–water partition coefficient (Wildman–Crippen LogP) is 2.09. The van der Waals surface area contributed by atoms with Gasteiger partial charge in [-0.15, -0.1) is 11.6 Å². The smallest absolute Gasteiger partial charge is 0.305 e. The van der Waals surface area contributed by atoms with Gasteiger partial charge in [-0.1, -0.05) is 0 Å². The van der Waals surface area contributed by atoms with Gasteiger partial charge in [0.15, 0.2) is 11.4 Å². The molecule has 1 heterocycles. The van der Waals surface area contributed by atoms with E-state index in [1.165, 1.54) is 11.0 Å². The van der Waals surface area contributed by atoms with Crippen LogP contribution in [-0.2, 0) is 9.59 Å². The zero-order chi connectivity index (χ0) is 16.5. The summed E-state index contributed by atoms with van der Waals surface area (Å²) in [7, 11) is 0. The Kier molecular flexibility index (Phi) is 4.42. The van der Waals surface area contributed by atoms with Crippen molar-refractivity contribution in [3.63, 3.8) is 0 Å². The van der Waals surface area contributed by atoms with Crippen molar-refractivity contribution in [3.05, 3.63) is 23.8 Å². The quantitative estimate of drug-likeness (QED) is 0.662. The number of ketones is 1. The van der Waals surface area contributed by atoms with Crippen molar-refractivity contribution in [3.8, 4) is 5.75 Å². The Morgan fingerprint density at radius 3 is 2.64 bits per heavy atom. The summed E-state index contributed by atoms with van der Waals surface area (Å²) in [4.78, 5) is 36.3. The topological polar surface area (TPSA) is 83.9 Å². The highest BCUT2D eigenvalue weighted by Crippen LogP contribution is 2.38. The monoisotopic (exact) mass is 325 g/mol. The Morgan fingerprint density at radius 1 is 1.36 bits per heavy atom. The lowest BCUT2D eigenvalue weighted by molar-refractivity contribution is -0.137. The zero-order valence-electron chi connectivity index (χ0n) is 12.3. The number of anilines is 1. The first-order valence-electron chi connectivity index (χ1n) is 6.72. The Labute approximate surface area is 132 Å². The van der Waals surface area contributed by atoms with Crippen molar-refractivity contribution < 1.29 is 24.2 Å². The maximum atomic E-state index is 12.5. The van der Waals surface area contributed by atoms with Crippen molar-refractivity contribution in [1.82, 2.24) is 0 Å². The number of ether oxygens (including phenoxy) is 1. The number of fused-ring (bicyclic) bond motifs is 1. The number of nitrogens with zero attached hydrogens (tertiary/aromatic N) is 1. The molecular weight excluding hydrogens is 310 g/mol. The minimum atomic E-state index is -1.09. The number of carbonyl (C=O) groups is 3. The third-order valence-corrected chi connectivity index (χ3v) is 3.61. The van der Waals surface area contributed by atoms with Crippen LogP contribution in [-0.4, -0.2) is 40.8 Å². The maximum Gasteiger partial charge on any atom is 0.305 e. The minimum absolute atomic E-state index is 0.00642. The molecule has 1 amide bonds. The molecule has 1 aromatic carbocycles. The van der Waals surface area contributed by atoms with Crippen LogP contribution in [0.1, 0.15) is 30.6 Å². The number of Topliss-reactive ketones (excluding diaryl/α,β-unsaturated/α-hetero) is 1. The number of hydrogen-bond donors (Lipinski definition) is 1. The highest BCUT2D eigenvalue weighted by molar-refractivity contribution is 6.30. The molecule has 6 nitrogen and oxygen atoms in total. The van der Waals surface area contributed by atoms with Gasteiger partial charge in [-0.3, -0.25) is 14.4 Å². The standard InChI is InChI=1S/C15H16ClNO5/c1-15(2)14(21)17(6-5-13(19)20)10-7-9(11(18)8-16)3-4-12(10)22-15/h3-4,7H,5-6,8H2,1-2H3,(H,19,20). The fraction of sp³-hybridized carbons (Fsp3) is 0.400. The molecular formula is C15H16ClNO5. The van der Waals surface area contributed by atoms with E-state index in [-0.39, 0.29) is 30.5 Å². The SMILES string of the molecule is CC1(C)Oc2ccc(C(=O)CCl)cc2N(CCC(=O)O)C1=O. The van der Waals surface area contributed by atoms with Crippen molar-refractivity contribution in [2.75, 3.05) is 17.3 Å². The number of alkyl halides is 1. The summed E-state index contributed by atoms with van der Waals surface area (Å²) in [6.45, 7) is 3.24. The second-order valence-electron chi connectivity index (χ2n) is 5.45. The molecule has 0 aliphatic carbocycles. The van der Waals surface area contributed by atoms with Crippen LogP contribution in [0.15, 0.2) is 18.2 Å². The second kappa shape index (κ2) is 5.96. The van der Waals surface area contributed by atoms with E-state index in [4.69, 9.17) is 21.4 Å². The molecule has 0 saturated carbocycles. The summed E-state index contributed by atoms with van der Waals surface area (Å²) in [6, 6.07) is 4.68. The fourth-order valence-electron chi connectivity index (χ4n) is 2.25. The van der Waals surface area contributed by atoms with Gasteiger partial charge in [0.05, 0.1) is 18.0 Å². The average Bonchev–Trinajstić information content (AvgIpc) is 2.46. The van der Waals surface area contributed by atoms with Gasteiger partial charge in [0.25, 0.3) is 5.91 Å². The number of carbonyl (C=O) groups excluding carboxylic acids is 2. The molecule has 0 bridgehead atoms. The van der Waals surface area contributed by atoms with Gasteiger partial charge in [0, 0.05) is 12.1 Å². The van der Waals surface area contributed by atoms with Gasteiger partial charge >= 0.3 is 5.97 Å². The minimum Gasteiger partial charge on any atom is -0.481 e. The lowest BCUT2D eigenvalue weighted by atomic mass is 10.0. The van der Waals surface area contributed by atoms with E-state index in [1.807, 2.05) is 0 Å². The van der Waals surface area contributed by atoms with Crippen LogP contribution in [0.25, 0.3) is 0 Å². The lowest BCUT2D eigenvalue weighted by Gasteiger charge is -2.38. The van der Waals surface area contributed by atoms with Gasteiger partial charge in [0.2, 0.25) is 0 Å². The van der Waals surface area contributed by atoms with Gasteiger partial charge < -0.3 is 14.7 Å². The van der Waals surface area contributed by atoms with E-state index >= 15 is 0 Å². The highest BCUT2D eigenvalue weighted by atomic mass is 35.5. The number of benzene rings is 1. The molecule has 0 fully saturated rings. The third-order valence-electron chi connectivity index (χ3n) is 3.37. The summed E-state index contributed by atoms with van der Waals surface area (Å²) in [6.07, 6.45) is -0.199. The van der Waals surface area contributed by atoms with Gasteiger partial charge in [-0.25, -0.2) is 0 Å². The summed E-state index contributed by atoms with van der Waals surface area (Å²) in [5.74, 6) is -1.38. The summed E-state index contributed by atoms with van der Waals surface area (Å²) in [5, 5.41) is 8.85. The molecule has 1 aliphatic heterocycles. The molecule has 0 spiro atoms. The lowest BCUT2D eigenvalue weighted by Crippen LogP contribution is -2.53. The Hall–Kier alpha value is -2.08. The largest absolute Gasteiger partial charge is 0.481 e. The van der Waals surface area contributed by atoms with E-state index in [1.54, 1.807) is 26.0 Å². The van der Waals surface area contributed by atoms with Gasteiger partial charge in [-0.05, 0) is 32.0 Å². The van der Waals surface area contributed by atoms with Crippen LogP contribution in [0.4, 0.5) is 5.69 Å². The third kappa shape index (κ3) is 3.06.